The smallest absolute Gasteiger partial charge is 0.339 e. The Morgan fingerprint density at radius 3 is 2.89 bits per heavy atom. The van der Waals surface area contributed by atoms with Crippen LogP contribution in [0.2, 0.25) is 0 Å². The minimum atomic E-state index is -0.515. The zero-order valence-electron chi connectivity index (χ0n) is 10.7. The third kappa shape index (κ3) is 2.58. The Hall–Kier alpha value is -2.35. The van der Waals surface area contributed by atoms with Gasteiger partial charge in [-0.1, -0.05) is 0 Å². The molecule has 0 bridgehead atoms. The molecule has 98 valence electrons. The van der Waals surface area contributed by atoms with Crippen molar-refractivity contribution < 1.29 is 14.3 Å². The molecule has 1 aliphatic rings. The normalized spacial score (nSPS) is 14.3. The number of rotatable bonds is 3. The van der Waals surface area contributed by atoms with Crippen molar-refractivity contribution in [3.05, 3.63) is 29.3 Å². The number of nitriles is 1. The van der Waals surface area contributed by atoms with Crippen molar-refractivity contribution in [2.24, 2.45) is 0 Å². The maximum absolute atomic E-state index is 11.7. The van der Waals surface area contributed by atoms with Crippen LogP contribution in [0.1, 0.15) is 35.7 Å². The van der Waals surface area contributed by atoms with Gasteiger partial charge in [-0.05, 0) is 31.5 Å². The van der Waals surface area contributed by atoms with Gasteiger partial charge >= 0.3 is 5.97 Å². The molecule has 1 fully saturated rings. The summed E-state index contributed by atoms with van der Waals surface area (Å²) in [4.78, 5) is 24.9. The SMILES string of the molecule is CCOC(=O)c1ccc(N2CCCC2=O)cc1C#N. The van der Waals surface area contributed by atoms with Gasteiger partial charge in [-0.15, -0.1) is 0 Å². The molecule has 0 N–H and O–H groups in total. The Bertz CT molecular complexity index is 560. The van der Waals surface area contributed by atoms with Crippen molar-refractivity contribution >= 4 is 17.6 Å². The molecule has 0 unspecified atom stereocenters. The van der Waals surface area contributed by atoms with Gasteiger partial charge in [0.25, 0.3) is 0 Å². The van der Waals surface area contributed by atoms with Crippen LogP contribution in [0.25, 0.3) is 0 Å². The fraction of sp³-hybridized carbons (Fsp3) is 0.357. The van der Waals surface area contributed by atoms with Crippen LogP contribution in [0.15, 0.2) is 18.2 Å². The van der Waals surface area contributed by atoms with E-state index < -0.39 is 5.97 Å². The van der Waals surface area contributed by atoms with E-state index in [1.165, 1.54) is 6.07 Å². The van der Waals surface area contributed by atoms with Crippen LogP contribution in [-0.4, -0.2) is 25.0 Å². The molecular formula is C14H14N2O3. The number of carbonyl (C=O) groups excluding carboxylic acids is 2. The van der Waals surface area contributed by atoms with Crippen LogP contribution >= 0.6 is 0 Å². The largest absolute Gasteiger partial charge is 0.462 e. The highest BCUT2D eigenvalue weighted by Crippen LogP contribution is 2.24. The number of esters is 1. The summed E-state index contributed by atoms with van der Waals surface area (Å²) in [6.45, 7) is 2.62. The van der Waals surface area contributed by atoms with Crippen LogP contribution in [0.4, 0.5) is 5.69 Å². The second-order valence-corrected chi connectivity index (χ2v) is 4.21. The van der Waals surface area contributed by atoms with Crippen molar-refractivity contribution in [3.63, 3.8) is 0 Å². The van der Waals surface area contributed by atoms with Crippen LogP contribution < -0.4 is 4.90 Å². The molecule has 5 nitrogen and oxygen atoms in total. The zero-order chi connectivity index (χ0) is 13.8. The second-order valence-electron chi connectivity index (χ2n) is 4.21. The van der Waals surface area contributed by atoms with Crippen LogP contribution in [0, 0.1) is 11.3 Å². The fourth-order valence-corrected chi connectivity index (χ4v) is 2.10. The lowest BCUT2D eigenvalue weighted by Crippen LogP contribution is -2.24. The molecule has 2 rings (SSSR count). The Balaban J connectivity index is 2.34. The van der Waals surface area contributed by atoms with Gasteiger partial charge in [0.2, 0.25) is 5.91 Å². The highest BCUT2D eigenvalue weighted by Gasteiger charge is 2.23. The van der Waals surface area contributed by atoms with Crippen molar-refractivity contribution in [1.29, 1.82) is 5.26 Å². The van der Waals surface area contributed by atoms with E-state index in [1.54, 1.807) is 24.0 Å². The van der Waals surface area contributed by atoms with Gasteiger partial charge in [0, 0.05) is 18.7 Å². The van der Waals surface area contributed by atoms with Gasteiger partial charge in [-0.2, -0.15) is 5.26 Å². The van der Waals surface area contributed by atoms with Crippen molar-refractivity contribution in [2.45, 2.75) is 19.8 Å². The van der Waals surface area contributed by atoms with E-state index in [-0.39, 0.29) is 23.6 Å². The van der Waals surface area contributed by atoms with Gasteiger partial charge in [0.05, 0.1) is 17.7 Å². The van der Waals surface area contributed by atoms with Gasteiger partial charge in [-0.3, -0.25) is 4.79 Å². The average Bonchev–Trinajstić information content (AvgIpc) is 2.84. The van der Waals surface area contributed by atoms with E-state index in [0.29, 0.717) is 18.7 Å². The number of hydrogen-bond acceptors (Lipinski definition) is 4. The average molecular weight is 258 g/mol. The lowest BCUT2D eigenvalue weighted by molar-refractivity contribution is -0.117. The predicted molar refractivity (Wildman–Crippen MR) is 68.7 cm³/mol. The summed E-state index contributed by atoms with van der Waals surface area (Å²) in [6, 6.07) is 6.76. The number of carbonyl (C=O) groups is 2. The lowest BCUT2D eigenvalue weighted by Gasteiger charge is -2.16. The first-order valence-electron chi connectivity index (χ1n) is 6.19. The van der Waals surface area contributed by atoms with E-state index in [4.69, 9.17) is 10.00 Å². The summed E-state index contributed by atoms with van der Waals surface area (Å²) >= 11 is 0. The molecule has 1 aromatic rings. The minimum absolute atomic E-state index is 0.0489. The zero-order valence-corrected chi connectivity index (χ0v) is 10.7. The van der Waals surface area contributed by atoms with Gasteiger partial charge in [0.15, 0.2) is 0 Å². The maximum atomic E-state index is 11.7. The van der Waals surface area contributed by atoms with Crippen LogP contribution in [0.5, 0.6) is 0 Å². The Morgan fingerprint density at radius 2 is 2.32 bits per heavy atom. The Morgan fingerprint density at radius 1 is 1.53 bits per heavy atom. The molecule has 5 heteroatoms. The van der Waals surface area contributed by atoms with E-state index >= 15 is 0 Å². The summed E-state index contributed by atoms with van der Waals surface area (Å²) in [6.07, 6.45) is 1.35. The molecular weight excluding hydrogens is 244 g/mol. The van der Waals surface area contributed by atoms with Crippen molar-refractivity contribution in [2.75, 3.05) is 18.1 Å². The van der Waals surface area contributed by atoms with Crippen LogP contribution in [-0.2, 0) is 9.53 Å². The number of ether oxygens (including phenoxy) is 1. The quantitative estimate of drug-likeness (QED) is 0.776. The molecule has 0 spiro atoms. The van der Waals surface area contributed by atoms with E-state index in [9.17, 15) is 9.59 Å². The molecule has 0 aliphatic carbocycles. The summed E-state index contributed by atoms with van der Waals surface area (Å²) in [7, 11) is 0. The summed E-state index contributed by atoms with van der Waals surface area (Å²) < 4.78 is 4.89. The third-order valence-corrected chi connectivity index (χ3v) is 3.00. The van der Waals surface area contributed by atoms with E-state index in [0.717, 1.165) is 6.42 Å². The van der Waals surface area contributed by atoms with Crippen molar-refractivity contribution in [1.82, 2.24) is 0 Å². The van der Waals surface area contributed by atoms with Crippen LogP contribution in [0.3, 0.4) is 0 Å². The van der Waals surface area contributed by atoms with Crippen molar-refractivity contribution in [3.8, 4) is 6.07 Å². The molecule has 1 saturated heterocycles. The fourth-order valence-electron chi connectivity index (χ4n) is 2.10. The number of benzene rings is 1. The maximum Gasteiger partial charge on any atom is 0.339 e. The summed E-state index contributed by atoms with van der Waals surface area (Å²) in [5.41, 5.74) is 1.13. The molecule has 0 atom stereocenters. The van der Waals surface area contributed by atoms with Gasteiger partial charge < -0.3 is 9.64 Å². The second kappa shape index (κ2) is 5.53. The first kappa shape index (κ1) is 13.1. The Labute approximate surface area is 111 Å². The number of nitrogens with zero attached hydrogens (tertiary/aromatic N) is 2. The highest BCUT2D eigenvalue weighted by atomic mass is 16.5. The first-order chi connectivity index (χ1) is 9.17. The standard InChI is InChI=1S/C14H14N2O3/c1-2-19-14(18)12-6-5-11(8-10(12)9-15)16-7-3-4-13(16)17/h5-6,8H,2-4,7H2,1H3. The number of hydrogen-bond donors (Lipinski definition) is 0. The van der Waals surface area contributed by atoms with E-state index in [1.807, 2.05) is 6.07 Å². The highest BCUT2D eigenvalue weighted by molar-refractivity contribution is 5.97. The number of anilines is 1. The molecule has 1 amide bonds. The predicted octanol–water partition coefficient (Wildman–Crippen LogP) is 1.86. The summed E-state index contributed by atoms with van der Waals surface area (Å²) in [5.74, 6) is -0.467. The summed E-state index contributed by atoms with van der Waals surface area (Å²) in [5, 5.41) is 9.11. The molecule has 19 heavy (non-hydrogen) atoms. The molecule has 1 heterocycles. The molecule has 0 saturated carbocycles. The molecule has 1 aliphatic heterocycles. The van der Waals surface area contributed by atoms with Gasteiger partial charge in [0.1, 0.15) is 6.07 Å². The lowest BCUT2D eigenvalue weighted by atomic mass is 10.1. The molecule has 0 radical (unpaired) electrons. The van der Waals surface area contributed by atoms with E-state index in [2.05, 4.69) is 0 Å². The number of amides is 1. The van der Waals surface area contributed by atoms with Gasteiger partial charge in [-0.25, -0.2) is 4.79 Å². The molecule has 1 aromatic carbocycles. The third-order valence-electron chi connectivity index (χ3n) is 3.00. The molecule has 0 aromatic heterocycles. The Kier molecular flexibility index (Phi) is 3.81. The topological polar surface area (TPSA) is 70.4 Å². The minimum Gasteiger partial charge on any atom is -0.462 e. The first-order valence-corrected chi connectivity index (χ1v) is 6.19. The monoisotopic (exact) mass is 258 g/mol.